The van der Waals surface area contributed by atoms with Gasteiger partial charge in [0.2, 0.25) is 0 Å². The largest absolute Gasteiger partial charge is 0.342 e. The maximum Gasteiger partial charge on any atom is 0.264 e. The molecule has 0 radical (unpaired) electrons. The second-order valence-corrected chi connectivity index (χ2v) is 9.59. The molecule has 4 nitrogen and oxygen atoms in total. The van der Waals surface area contributed by atoms with Gasteiger partial charge in [-0.3, -0.25) is 4.79 Å². The van der Waals surface area contributed by atoms with Gasteiger partial charge in [-0.25, -0.2) is 4.99 Å². The average molecular weight is 492 g/mol. The Kier molecular flexibility index (Phi) is 6.02. The Labute approximate surface area is 205 Å². The van der Waals surface area contributed by atoms with E-state index in [1.165, 1.54) is 22.9 Å². The summed E-state index contributed by atoms with van der Waals surface area (Å²) in [6, 6.07) is 21.9. The number of carbonyl (C=O) groups is 1. The first-order chi connectivity index (χ1) is 16.0. The van der Waals surface area contributed by atoms with Crippen molar-refractivity contribution in [1.29, 1.82) is 0 Å². The lowest BCUT2D eigenvalue weighted by molar-refractivity contribution is -0.115. The maximum absolute atomic E-state index is 12.7. The van der Waals surface area contributed by atoms with E-state index in [9.17, 15) is 4.79 Å². The predicted octanol–water partition coefficient (Wildman–Crippen LogP) is 7.20. The number of aliphatic imine (C=N–C) groups is 1. The highest BCUT2D eigenvalue weighted by atomic mass is 35.5. The minimum absolute atomic E-state index is 0.188. The Hall–Kier alpha value is -2.99. The number of nitrogens with one attached hydrogen (secondary N) is 1. The number of amides is 1. The number of hydrogen-bond acceptors (Lipinski definition) is 3. The Bertz CT molecular complexity index is 1460. The van der Waals surface area contributed by atoms with Crippen molar-refractivity contribution < 1.29 is 4.79 Å². The van der Waals surface area contributed by atoms with Gasteiger partial charge in [0.05, 0.1) is 20.6 Å². The standard InChI is InChI=1S/C26H19Cl2N3OS/c1-16-6-4-7-17(12-16)14-31-15-18(19-8-2-3-11-22(19)31)13-23-25(32)30-26(33-23)29-21-10-5-9-20(27)24(21)28/h2-13,15H,14H2,1H3,(H,29,30,32)/b23-13-. The summed E-state index contributed by atoms with van der Waals surface area (Å²) in [6.45, 7) is 2.85. The molecule has 1 aromatic heterocycles. The lowest BCUT2D eigenvalue weighted by Gasteiger charge is -2.06. The number of carbonyl (C=O) groups excluding carboxylic acids is 1. The van der Waals surface area contributed by atoms with Crippen LogP contribution in [-0.2, 0) is 11.3 Å². The number of nitrogens with zero attached hydrogens (tertiary/aromatic N) is 2. The molecular weight excluding hydrogens is 473 g/mol. The Balaban J connectivity index is 1.48. The lowest BCUT2D eigenvalue weighted by Crippen LogP contribution is -2.19. The number of aromatic nitrogens is 1. The smallest absolute Gasteiger partial charge is 0.264 e. The van der Waals surface area contributed by atoms with Gasteiger partial charge in [0.1, 0.15) is 0 Å². The fourth-order valence-electron chi connectivity index (χ4n) is 3.84. The number of halogens is 2. The van der Waals surface area contributed by atoms with Crippen LogP contribution < -0.4 is 5.32 Å². The molecule has 5 rings (SSSR count). The van der Waals surface area contributed by atoms with E-state index in [1.54, 1.807) is 18.2 Å². The third-order valence-electron chi connectivity index (χ3n) is 5.35. The maximum atomic E-state index is 12.7. The first-order valence-electron chi connectivity index (χ1n) is 10.3. The summed E-state index contributed by atoms with van der Waals surface area (Å²) in [6.07, 6.45) is 4.01. The molecule has 7 heteroatoms. The van der Waals surface area contributed by atoms with Crippen LogP contribution >= 0.6 is 35.0 Å². The van der Waals surface area contributed by atoms with Crippen LogP contribution in [0.25, 0.3) is 17.0 Å². The molecule has 0 bridgehead atoms. The van der Waals surface area contributed by atoms with Gasteiger partial charge >= 0.3 is 0 Å². The van der Waals surface area contributed by atoms with E-state index in [-0.39, 0.29) is 5.91 Å². The molecule has 2 heterocycles. The van der Waals surface area contributed by atoms with Gasteiger partial charge in [-0.1, -0.05) is 77.3 Å². The van der Waals surface area contributed by atoms with Gasteiger partial charge in [-0.05, 0) is 48.5 Å². The van der Waals surface area contributed by atoms with E-state index in [4.69, 9.17) is 23.2 Å². The molecule has 1 fully saturated rings. The van der Waals surface area contributed by atoms with Crippen LogP contribution in [0.15, 0.2) is 82.8 Å². The topological polar surface area (TPSA) is 46.4 Å². The number of benzene rings is 3. The summed E-state index contributed by atoms with van der Waals surface area (Å²) in [4.78, 5) is 17.7. The normalized spacial score (nSPS) is 16.2. The molecule has 0 saturated carbocycles. The van der Waals surface area contributed by atoms with Gasteiger partial charge in [0.25, 0.3) is 5.91 Å². The molecule has 1 saturated heterocycles. The molecule has 1 amide bonds. The third-order valence-corrected chi connectivity index (χ3v) is 7.06. The summed E-state index contributed by atoms with van der Waals surface area (Å²) < 4.78 is 2.22. The third kappa shape index (κ3) is 4.58. The average Bonchev–Trinajstić information content (AvgIpc) is 3.31. The van der Waals surface area contributed by atoms with Crippen LogP contribution in [0.2, 0.25) is 10.0 Å². The number of amidine groups is 1. The molecule has 1 aliphatic heterocycles. The van der Waals surface area contributed by atoms with Crippen molar-refractivity contribution in [3.05, 3.63) is 105 Å². The first-order valence-corrected chi connectivity index (χ1v) is 11.9. The first kappa shape index (κ1) is 21.8. The highest BCUT2D eigenvalue weighted by molar-refractivity contribution is 8.18. The molecule has 0 unspecified atom stereocenters. The van der Waals surface area contributed by atoms with Crippen molar-refractivity contribution >= 4 is 68.7 Å². The van der Waals surface area contributed by atoms with Crippen LogP contribution in [0.3, 0.4) is 0 Å². The van der Waals surface area contributed by atoms with E-state index >= 15 is 0 Å². The van der Waals surface area contributed by atoms with Gasteiger partial charge in [-0.2, -0.15) is 0 Å². The van der Waals surface area contributed by atoms with E-state index in [2.05, 4.69) is 64.4 Å². The fourth-order valence-corrected chi connectivity index (χ4v) is 5.00. The van der Waals surface area contributed by atoms with E-state index < -0.39 is 0 Å². The molecule has 1 aliphatic rings. The molecule has 3 aromatic carbocycles. The molecule has 0 atom stereocenters. The quantitative estimate of drug-likeness (QED) is 0.307. The molecule has 33 heavy (non-hydrogen) atoms. The van der Waals surface area contributed by atoms with Crippen LogP contribution in [0, 0.1) is 6.92 Å². The minimum Gasteiger partial charge on any atom is -0.342 e. The summed E-state index contributed by atoms with van der Waals surface area (Å²) >= 11 is 13.6. The number of fused-ring (bicyclic) bond motifs is 1. The zero-order valence-electron chi connectivity index (χ0n) is 17.7. The van der Waals surface area contributed by atoms with Crippen molar-refractivity contribution in [3.8, 4) is 0 Å². The van der Waals surface area contributed by atoms with Crippen LogP contribution in [0.1, 0.15) is 16.7 Å². The number of hydrogen-bond donors (Lipinski definition) is 1. The molecule has 1 N–H and O–H groups in total. The lowest BCUT2D eigenvalue weighted by atomic mass is 10.1. The Morgan fingerprint density at radius 2 is 1.88 bits per heavy atom. The second kappa shape index (κ2) is 9.10. The van der Waals surface area contributed by atoms with E-state index in [1.807, 2.05) is 18.2 Å². The molecule has 4 aromatic rings. The highest BCUT2D eigenvalue weighted by Gasteiger charge is 2.25. The van der Waals surface area contributed by atoms with Gasteiger partial charge < -0.3 is 9.88 Å². The minimum atomic E-state index is -0.188. The van der Waals surface area contributed by atoms with Crippen molar-refractivity contribution in [1.82, 2.24) is 9.88 Å². The van der Waals surface area contributed by atoms with Crippen molar-refractivity contribution in [3.63, 3.8) is 0 Å². The molecule has 0 spiro atoms. The van der Waals surface area contributed by atoms with Crippen LogP contribution in [0.5, 0.6) is 0 Å². The van der Waals surface area contributed by atoms with Crippen LogP contribution in [0.4, 0.5) is 5.69 Å². The molecule has 0 aliphatic carbocycles. The predicted molar refractivity (Wildman–Crippen MR) is 139 cm³/mol. The SMILES string of the molecule is Cc1cccc(Cn2cc(/C=C3\SC(=Nc4cccc(Cl)c4Cl)NC3=O)c3ccccc32)c1. The highest BCUT2D eigenvalue weighted by Crippen LogP contribution is 2.35. The van der Waals surface area contributed by atoms with Crippen molar-refractivity contribution in [2.24, 2.45) is 4.99 Å². The monoisotopic (exact) mass is 491 g/mol. The van der Waals surface area contributed by atoms with Gasteiger partial charge in [0.15, 0.2) is 5.17 Å². The summed E-state index contributed by atoms with van der Waals surface area (Å²) in [5, 5.41) is 5.16. The van der Waals surface area contributed by atoms with E-state index in [0.717, 1.165) is 23.0 Å². The number of para-hydroxylation sites is 1. The number of aryl methyl sites for hydroxylation is 1. The van der Waals surface area contributed by atoms with Gasteiger partial charge in [-0.15, -0.1) is 0 Å². The van der Waals surface area contributed by atoms with Gasteiger partial charge in [0, 0.05) is 29.2 Å². The second-order valence-electron chi connectivity index (χ2n) is 7.77. The van der Waals surface area contributed by atoms with E-state index in [0.29, 0.717) is 25.8 Å². The summed E-state index contributed by atoms with van der Waals surface area (Å²) in [5.74, 6) is -0.188. The fraction of sp³-hybridized carbons (Fsp3) is 0.0769. The van der Waals surface area contributed by atoms with Crippen molar-refractivity contribution in [2.75, 3.05) is 0 Å². The summed E-state index contributed by atoms with van der Waals surface area (Å²) in [7, 11) is 0. The van der Waals surface area contributed by atoms with Crippen LogP contribution in [-0.4, -0.2) is 15.6 Å². The Morgan fingerprint density at radius 1 is 1.06 bits per heavy atom. The zero-order chi connectivity index (χ0) is 22.9. The van der Waals surface area contributed by atoms with Crippen molar-refractivity contribution in [2.45, 2.75) is 13.5 Å². The number of thioether (sulfide) groups is 1. The Morgan fingerprint density at radius 3 is 2.73 bits per heavy atom. The summed E-state index contributed by atoms with van der Waals surface area (Å²) in [5.41, 5.74) is 5.09. The molecular formula is C26H19Cl2N3OS. The number of rotatable bonds is 4. The molecule has 164 valence electrons. The zero-order valence-corrected chi connectivity index (χ0v) is 20.0.